The van der Waals surface area contributed by atoms with Crippen LogP contribution in [0.2, 0.25) is 0 Å². The molecule has 0 fully saturated rings. The number of nitrogens with one attached hydrogen (secondary N) is 1. The van der Waals surface area contributed by atoms with Crippen molar-refractivity contribution in [1.82, 2.24) is 5.43 Å². The van der Waals surface area contributed by atoms with E-state index >= 15 is 0 Å². The molecule has 0 atom stereocenters. The minimum absolute atomic E-state index is 0.0353. The number of carbonyl (C=O) groups is 1. The molecule has 0 spiro atoms. The molecule has 0 bridgehead atoms. The Morgan fingerprint density at radius 3 is 2.30 bits per heavy atom. The van der Waals surface area contributed by atoms with Gasteiger partial charge in [-0.05, 0) is 42.5 Å². The summed E-state index contributed by atoms with van der Waals surface area (Å²) in [6.45, 7) is 0. The predicted molar refractivity (Wildman–Crippen MR) is 108 cm³/mol. The van der Waals surface area contributed by atoms with Gasteiger partial charge in [-0.25, -0.2) is 5.43 Å². The predicted octanol–water partition coefficient (Wildman–Crippen LogP) is 4.64. The van der Waals surface area contributed by atoms with E-state index in [1.54, 1.807) is 30.5 Å². The number of allylic oxidation sites excluding steroid dienone is 9. The smallest absolute Gasteiger partial charge is 0.271 e. The second kappa shape index (κ2) is 11.7. The van der Waals surface area contributed by atoms with E-state index in [1.807, 2.05) is 60.7 Å². The Morgan fingerprint density at radius 1 is 0.926 bits per heavy atom. The molecule has 0 unspecified atom stereocenters. The summed E-state index contributed by atoms with van der Waals surface area (Å²) < 4.78 is 5.17. The van der Waals surface area contributed by atoms with Crippen LogP contribution in [0.3, 0.4) is 0 Å². The third-order valence-corrected chi connectivity index (χ3v) is 3.13. The van der Waals surface area contributed by atoms with E-state index in [0.717, 1.165) is 5.76 Å². The maximum atomic E-state index is 11.7. The van der Waals surface area contributed by atoms with Crippen LogP contribution in [-0.2, 0) is 0 Å². The number of nitrogens with zero attached hydrogens (tertiary/aromatic N) is 1. The first kappa shape index (κ1) is 19.5. The largest absolute Gasteiger partial charge is 0.508 e. The molecule has 1 heterocycles. The molecule has 2 N–H and O–H groups in total. The molecule has 2 aromatic rings. The van der Waals surface area contributed by atoms with Crippen molar-refractivity contribution in [2.75, 3.05) is 0 Å². The number of rotatable bonds is 8. The van der Waals surface area contributed by atoms with Gasteiger partial charge in [0.25, 0.3) is 5.91 Å². The third kappa shape index (κ3) is 8.18. The van der Waals surface area contributed by atoms with E-state index in [2.05, 4.69) is 10.5 Å². The van der Waals surface area contributed by atoms with Gasteiger partial charge in [0.2, 0.25) is 0 Å². The number of aromatic hydroxyl groups is 1. The van der Waals surface area contributed by atoms with Gasteiger partial charge in [-0.2, -0.15) is 5.10 Å². The minimum Gasteiger partial charge on any atom is -0.508 e. The maximum Gasteiger partial charge on any atom is 0.271 e. The number of amides is 1. The van der Waals surface area contributed by atoms with Gasteiger partial charge in [-0.3, -0.25) is 4.79 Å². The minimum atomic E-state index is -0.387. The van der Waals surface area contributed by atoms with Gasteiger partial charge in [0, 0.05) is 11.8 Å². The Bertz CT molecular complexity index is 886. The summed E-state index contributed by atoms with van der Waals surface area (Å²) in [7, 11) is 0. The number of furan rings is 1. The molecule has 0 saturated carbocycles. The van der Waals surface area contributed by atoms with Crippen LogP contribution in [0.5, 0.6) is 5.75 Å². The van der Waals surface area contributed by atoms with E-state index < -0.39 is 0 Å². The number of carbonyl (C=O) groups excluding carboxylic acids is 1. The Balaban J connectivity index is 1.64. The van der Waals surface area contributed by atoms with E-state index in [4.69, 9.17) is 4.42 Å². The zero-order valence-electron chi connectivity index (χ0n) is 14.6. The fraction of sp³-hybridized carbons (Fsp3) is 0. The molecule has 27 heavy (non-hydrogen) atoms. The van der Waals surface area contributed by atoms with E-state index in [9.17, 15) is 9.90 Å². The molecule has 0 aliphatic heterocycles. The molecule has 0 aliphatic carbocycles. The van der Waals surface area contributed by atoms with Crippen molar-refractivity contribution >= 4 is 18.2 Å². The highest BCUT2D eigenvalue weighted by molar-refractivity contribution is 5.94. The van der Waals surface area contributed by atoms with E-state index in [0.29, 0.717) is 5.56 Å². The molecule has 0 saturated heterocycles. The van der Waals surface area contributed by atoms with Crippen molar-refractivity contribution in [3.8, 4) is 5.75 Å². The first-order chi connectivity index (χ1) is 13.3. The van der Waals surface area contributed by atoms with Gasteiger partial charge in [-0.1, -0.05) is 54.7 Å². The first-order valence-electron chi connectivity index (χ1n) is 8.25. The van der Waals surface area contributed by atoms with E-state index in [1.165, 1.54) is 18.3 Å². The highest BCUT2D eigenvalue weighted by Gasteiger charge is 2.03. The second-order valence-corrected chi connectivity index (χ2v) is 5.18. The molecule has 5 nitrogen and oxygen atoms in total. The lowest BCUT2D eigenvalue weighted by molar-refractivity contribution is 0.0954. The number of phenolic OH excluding ortho intramolecular Hbond substituents is 1. The van der Waals surface area contributed by atoms with Crippen LogP contribution in [0.4, 0.5) is 0 Å². The lowest BCUT2D eigenvalue weighted by Crippen LogP contribution is -2.17. The lowest BCUT2D eigenvalue weighted by atomic mass is 10.2. The van der Waals surface area contributed by atoms with Gasteiger partial charge in [0.15, 0.2) is 0 Å². The van der Waals surface area contributed by atoms with Crippen molar-refractivity contribution in [3.05, 3.63) is 109 Å². The van der Waals surface area contributed by atoms with Gasteiger partial charge < -0.3 is 9.52 Å². The molecular formula is C22H20N2O3. The van der Waals surface area contributed by atoms with Crippen molar-refractivity contribution in [2.45, 2.75) is 0 Å². The topological polar surface area (TPSA) is 74.8 Å². The fourth-order valence-electron chi connectivity index (χ4n) is 1.89. The monoisotopic (exact) mass is 360 g/mol. The van der Waals surface area contributed by atoms with Crippen molar-refractivity contribution < 1.29 is 14.3 Å². The fourth-order valence-corrected chi connectivity index (χ4v) is 1.89. The third-order valence-electron chi connectivity index (χ3n) is 3.13. The molecule has 2 rings (SSSR count). The Morgan fingerprint density at radius 2 is 1.63 bits per heavy atom. The standard InChI is InChI=1S/C22H20N2O3/c25-20-13-10-12-19(18-20)22(26)24-23-16-9-7-5-3-1-2-4-6-8-14-21-15-11-17-27-21/h1-18,25H,(H,24,26)/b2-1+,5-3+,6-4+,9-7+,14-8+,23-16+. The zero-order chi connectivity index (χ0) is 19.2. The van der Waals surface area contributed by atoms with Crippen LogP contribution >= 0.6 is 0 Å². The van der Waals surface area contributed by atoms with Gasteiger partial charge in [0.05, 0.1) is 6.26 Å². The molecule has 5 heteroatoms. The molecular weight excluding hydrogens is 340 g/mol. The van der Waals surface area contributed by atoms with Crippen LogP contribution in [0, 0.1) is 0 Å². The summed E-state index contributed by atoms with van der Waals surface area (Å²) in [6, 6.07) is 9.78. The number of hydrazone groups is 1. The average molecular weight is 360 g/mol. The van der Waals surface area contributed by atoms with Crippen LogP contribution in [0.1, 0.15) is 16.1 Å². The molecule has 1 amide bonds. The quantitative estimate of drug-likeness (QED) is 0.409. The normalized spacial score (nSPS) is 12.6. The first-order valence-corrected chi connectivity index (χ1v) is 8.25. The zero-order valence-corrected chi connectivity index (χ0v) is 14.6. The highest BCUT2D eigenvalue weighted by atomic mass is 16.3. The summed E-state index contributed by atoms with van der Waals surface area (Å²) in [6.07, 6.45) is 21.7. The van der Waals surface area contributed by atoms with Gasteiger partial charge in [-0.15, -0.1) is 0 Å². The Kier molecular flexibility index (Phi) is 8.40. The molecule has 0 radical (unpaired) electrons. The van der Waals surface area contributed by atoms with Crippen LogP contribution in [-0.4, -0.2) is 17.2 Å². The van der Waals surface area contributed by atoms with Gasteiger partial charge in [0.1, 0.15) is 11.5 Å². The number of benzene rings is 1. The van der Waals surface area contributed by atoms with Crippen LogP contribution in [0.25, 0.3) is 6.08 Å². The van der Waals surface area contributed by atoms with Crippen molar-refractivity contribution in [3.63, 3.8) is 0 Å². The number of hydrogen-bond acceptors (Lipinski definition) is 4. The molecule has 1 aromatic heterocycles. The van der Waals surface area contributed by atoms with Crippen LogP contribution < -0.4 is 5.43 Å². The molecule has 1 aromatic carbocycles. The summed E-state index contributed by atoms with van der Waals surface area (Å²) >= 11 is 0. The summed E-state index contributed by atoms with van der Waals surface area (Å²) in [4.78, 5) is 11.7. The summed E-state index contributed by atoms with van der Waals surface area (Å²) in [5.41, 5.74) is 2.72. The van der Waals surface area contributed by atoms with Crippen molar-refractivity contribution in [2.24, 2.45) is 5.10 Å². The number of hydrogen-bond donors (Lipinski definition) is 2. The average Bonchev–Trinajstić information content (AvgIpc) is 3.19. The second-order valence-electron chi connectivity index (χ2n) is 5.18. The number of phenols is 1. The molecule has 136 valence electrons. The van der Waals surface area contributed by atoms with Crippen LogP contribution in [0.15, 0.2) is 107 Å². The Hall–Kier alpha value is -3.86. The summed E-state index contributed by atoms with van der Waals surface area (Å²) in [5, 5.41) is 13.1. The van der Waals surface area contributed by atoms with E-state index in [-0.39, 0.29) is 11.7 Å². The summed E-state index contributed by atoms with van der Waals surface area (Å²) in [5.74, 6) is 0.462. The lowest BCUT2D eigenvalue weighted by Gasteiger charge is -1.99. The Labute approximate surface area is 158 Å². The SMILES string of the molecule is O=C(N/N=C/C=C/C=C/C=C/C=C/C=C/c1ccco1)c1cccc(O)c1. The van der Waals surface area contributed by atoms with Gasteiger partial charge >= 0.3 is 0 Å². The molecule has 0 aliphatic rings. The maximum absolute atomic E-state index is 11.7. The van der Waals surface area contributed by atoms with Crippen molar-refractivity contribution in [1.29, 1.82) is 0 Å². The highest BCUT2D eigenvalue weighted by Crippen LogP contribution is 2.10.